The minimum absolute atomic E-state index is 0. The molecule has 0 amide bonds. The van der Waals surface area contributed by atoms with Crippen molar-refractivity contribution < 1.29 is 31.2 Å². The van der Waals surface area contributed by atoms with E-state index in [0.29, 0.717) is 6.61 Å². The maximum atomic E-state index is 12.9. The smallest absolute Gasteiger partial charge is 0.318 e. The van der Waals surface area contributed by atoms with Gasteiger partial charge in [0.25, 0.3) is 0 Å². The van der Waals surface area contributed by atoms with Crippen molar-refractivity contribution in [3.63, 3.8) is 0 Å². The standard InChI is InChI=1S/C21H26NO3.ClH/c1-4-22(3,5-2)14-15-24-21(23)20-16-10-6-8-12-18(16)25-19-13-9-7-11-17(19)20;/h6-13,20H,4-5,14-15H2,1-3H3;1H/q+1;/p-1. The summed E-state index contributed by atoms with van der Waals surface area (Å²) in [5.74, 6) is 0.821. The van der Waals surface area contributed by atoms with Gasteiger partial charge in [0.15, 0.2) is 0 Å². The summed E-state index contributed by atoms with van der Waals surface area (Å²) >= 11 is 0. The van der Waals surface area contributed by atoms with Gasteiger partial charge in [0.2, 0.25) is 0 Å². The number of halogens is 1. The Morgan fingerprint density at radius 3 is 2.00 bits per heavy atom. The van der Waals surface area contributed by atoms with E-state index in [-0.39, 0.29) is 18.4 Å². The molecule has 5 heteroatoms. The van der Waals surface area contributed by atoms with Gasteiger partial charge in [-0.25, -0.2) is 0 Å². The third-order valence-electron chi connectivity index (χ3n) is 5.32. The zero-order valence-corrected chi connectivity index (χ0v) is 16.3. The molecule has 1 aliphatic rings. The van der Waals surface area contributed by atoms with Crippen LogP contribution >= 0.6 is 0 Å². The predicted octanol–water partition coefficient (Wildman–Crippen LogP) is 0.958. The average molecular weight is 376 g/mol. The molecule has 0 radical (unpaired) electrons. The molecule has 0 spiro atoms. The molecule has 0 unspecified atom stereocenters. The van der Waals surface area contributed by atoms with Crippen molar-refractivity contribution >= 4 is 5.97 Å². The third kappa shape index (κ3) is 4.02. The van der Waals surface area contributed by atoms with Gasteiger partial charge in [0.1, 0.15) is 30.6 Å². The minimum atomic E-state index is -0.428. The quantitative estimate of drug-likeness (QED) is 0.557. The maximum Gasteiger partial charge on any atom is 0.318 e. The number of likely N-dealkylation sites (N-methyl/N-ethyl adjacent to an activating group) is 1. The van der Waals surface area contributed by atoms with Crippen LogP contribution in [-0.4, -0.2) is 43.7 Å². The Bertz CT molecular complexity index is 713. The topological polar surface area (TPSA) is 35.5 Å². The molecule has 1 aliphatic heterocycles. The first kappa shape index (κ1) is 20.3. The number of carbonyl (C=O) groups is 1. The van der Waals surface area contributed by atoms with E-state index in [1.54, 1.807) is 0 Å². The maximum absolute atomic E-state index is 12.9. The van der Waals surface area contributed by atoms with Gasteiger partial charge in [-0.05, 0) is 26.0 Å². The summed E-state index contributed by atoms with van der Waals surface area (Å²) < 4.78 is 12.5. The molecule has 140 valence electrons. The van der Waals surface area contributed by atoms with Crippen molar-refractivity contribution in [2.75, 3.05) is 33.3 Å². The Balaban J connectivity index is 0.00000243. The summed E-state index contributed by atoms with van der Waals surface area (Å²) in [5, 5.41) is 0. The van der Waals surface area contributed by atoms with Gasteiger partial charge in [0, 0.05) is 11.1 Å². The van der Waals surface area contributed by atoms with E-state index >= 15 is 0 Å². The normalized spacial score (nSPS) is 13.0. The Kier molecular flexibility index (Phi) is 6.68. The Labute approximate surface area is 161 Å². The molecule has 0 fully saturated rings. The van der Waals surface area contributed by atoms with Crippen LogP contribution in [0.1, 0.15) is 30.9 Å². The minimum Gasteiger partial charge on any atom is -1.00 e. The van der Waals surface area contributed by atoms with Crippen molar-refractivity contribution in [2.45, 2.75) is 19.8 Å². The number of benzene rings is 2. The largest absolute Gasteiger partial charge is 1.00 e. The van der Waals surface area contributed by atoms with E-state index in [0.717, 1.165) is 46.7 Å². The summed E-state index contributed by atoms with van der Waals surface area (Å²) in [6.45, 7) is 7.63. The molecule has 26 heavy (non-hydrogen) atoms. The van der Waals surface area contributed by atoms with E-state index in [1.807, 2.05) is 48.5 Å². The first-order chi connectivity index (χ1) is 12.1. The number of hydrogen-bond acceptors (Lipinski definition) is 3. The van der Waals surface area contributed by atoms with E-state index in [2.05, 4.69) is 20.9 Å². The zero-order chi connectivity index (χ0) is 17.9. The fourth-order valence-electron chi connectivity index (χ4n) is 3.15. The first-order valence-electron chi connectivity index (χ1n) is 8.94. The van der Waals surface area contributed by atoms with Gasteiger partial charge >= 0.3 is 5.97 Å². The van der Waals surface area contributed by atoms with Crippen LogP contribution in [0.4, 0.5) is 0 Å². The Hall–Kier alpha value is -2.04. The Morgan fingerprint density at radius 2 is 1.50 bits per heavy atom. The Morgan fingerprint density at radius 1 is 1.00 bits per heavy atom. The van der Waals surface area contributed by atoms with E-state index in [9.17, 15) is 4.79 Å². The molecule has 1 heterocycles. The van der Waals surface area contributed by atoms with Crippen LogP contribution in [0.2, 0.25) is 0 Å². The number of ether oxygens (including phenoxy) is 2. The predicted molar refractivity (Wildman–Crippen MR) is 97.9 cm³/mol. The second kappa shape index (κ2) is 8.56. The molecule has 0 atom stereocenters. The van der Waals surface area contributed by atoms with Gasteiger partial charge in [-0.2, -0.15) is 0 Å². The fourth-order valence-corrected chi connectivity index (χ4v) is 3.15. The number of rotatable bonds is 6. The van der Waals surface area contributed by atoms with E-state index in [1.165, 1.54) is 0 Å². The third-order valence-corrected chi connectivity index (χ3v) is 5.32. The van der Waals surface area contributed by atoms with Gasteiger partial charge < -0.3 is 26.4 Å². The lowest BCUT2D eigenvalue weighted by molar-refractivity contribution is -0.906. The van der Waals surface area contributed by atoms with Crippen molar-refractivity contribution in [1.82, 2.24) is 0 Å². The van der Waals surface area contributed by atoms with Crippen LogP contribution in [0.25, 0.3) is 0 Å². The van der Waals surface area contributed by atoms with Crippen molar-refractivity contribution in [2.24, 2.45) is 0 Å². The van der Waals surface area contributed by atoms with Crippen LogP contribution in [-0.2, 0) is 9.53 Å². The number of esters is 1. The number of quaternary nitrogens is 1. The molecular weight excluding hydrogens is 350 g/mol. The molecule has 0 saturated heterocycles. The highest BCUT2D eigenvalue weighted by Gasteiger charge is 2.33. The fraction of sp³-hybridized carbons (Fsp3) is 0.381. The molecule has 0 N–H and O–H groups in total. The van der Waals surface area contributed by atoms with Crippen LogP contribution in [0.3, 0.4) is 0 Å². The van der Waals surface area contributed by atoms with Crippen LogP contribution in [0, 0.1) is 0 Å². The second-order valence-electron chi connectivity index (χ2n) is 6.75. The lowest BCUT2D eigenvalue weighted by Gasteiger charge is -2.32. The highest BCUT2D eigenvalue weighted by molar-refractivity contribution is 5.85. The zero-order valence-electron chi connectivity index (χ0n) is 15.6. The van der Waals surface area contributed by atoms with Crippen LogP contribution in [0.5, 0.6) is 11.5 Å². The molecule has 2 aromatic carbocycles. The number of fused-ring (bicyclic) bond motifs is 2. The van der Waals surface area contributed by atoms with Crippen molar-refractivity contribution in [3.8, 4) is 11.5 Å². The summed E-state index contributed by atoms with van der Waals surface area (Å²) in [6, 6.07) is 15.4. The summed E-state index contributed by atoms with van der Waals surface area (Å²) in [7, 11) is 2.19. The van der Waals surface area contributed by atoms with Crippen LogP contribution < -0.4 is 17.1 Å². The second-order valence-corrected chi connectivity index (χ2v) is 6.75. The highest BCUT2D eigenvalue weighted by atomic mass is 35.5. The number of carbonyl (C=O) groups excluding carboxylic acids is 1. The number of nitrogens with zero attached hydrogens (tertiary/aromatic N) is 1. The van der Waals surface area contributed by atoms with E-state index < -0.39 is 5.92 Å². The van der Waals surface area contributed by atoms with Gasteiger partial charge in [-0.3, -0.25) is 4.79 Å². The number of hydrogen-bond donors (Lipinski definition) is 0. The molecule has 4 nitrogen and oxygen atoms in total. The lowest BCUT2D eigenvalue weighted by Crippen LogP contribution is -3.00. The lowest BCUT2D eigenvalue weighted by atomic mass is 9.88. The van der Waals surface area contributed by atoms with E-state index in [4.69, 9.17) is 9.47 Å². The van der Waals surface area contributed by atoms with Crippen molar-refractivity contribution in [1.29, 1.82) is 0 Å². The average Bonchev–Trinajstić information content (AvgIpc) is 2.65. The highest BCUT2D eigenvalue weighted by Crippen LogP contribution is 2.44. The van der Waals surface area contributed by atoms with Gasteiger partial charge in [-0.1, -0.05) is 36.4 Å². The van der Waals surface area contributed by atoms with Gasteiger partial charge in [-0.15, -0.1) is 0 Å². The number of para-hydroxylation sites is 2. The molecule has 2 aromatic rings. The summed E-state index contributed by atoms with van der Waals surface area (Å²) in [5.41, 5.74) is 1.74. The van der Waals surface area contributed by atoms with Gasteiger partial charge in [0.05, 0.1) is 20.1 Å². The first-order valence-corrected chi connectivity index (χ1v) is 8.94. The molecule has 3 rings (SSSR count). The molecule has 0 aliphatic carbocycles. The summed E-state index contributed by atoms with van der Waals surface area (Å²) in [4.78, 5) is 12.9. The monoisotopic (exact) mass is 375 g/mol. The molecule has 0 saturated carbocycles. The van der Waals surface area contributed by atoms with Crippen molar-refractivity contribution in [3.05, 3.63) is 59.7 Å². The van der Waals surface area contributed by atoms with Crippen LogP contribution in [0.15, 0.2) is 48.5 Å². The summed E-state index contributed by atoms with van der Waals surface area (Å²) in [6.07, 6.45) is 0. The molecule has 0 aromatic heterocycles. The molecule has 0 bridgehead atoms. The molecular formula is C21H26ClNO3. The SMILES string of the molecule is CC[N+](C)(CC)CCOC(=O)C1c2ccccc2Oc2ccccc21.[Cl-].